The van der Waals surface area contributed by atoms with E-state index in [0.29, 0.717) is 11.9 Å². The molecule has 0 saturated carbocycles. The van der Waals surface area contributed by atoms with E-state index in [0.717, 1.165) is 15.9 Å². The second-order valence-electron chi connectivity index (χ2n) is 8.52. The van der Waals surface area contributed by atoms with Crippen LogP contribution in [0, 0.1) is 0 Å². The first-order valence-corrected chi connectivity index (χ1v) is 13.1. The summed E-state index contributed by atoms with van der Waals surface area (Å²) in [4.78, 5) is 25.2. The summed E-state index contributed by atoms with van der Waals surface area (Å²) in [6.45, 7) is 3.40. The molecule has 0 amide bonds. The van der Waals surface area contributed by atoms with Crippen LogP contribution in [-0.4, -0.2) is 31.0 Å². The predicted molar refractivity (Wildman–Crippen MR) is 135 cm³/mol. The standard InChI is InChI=1S/C28H28O5P/c1-28(2)32-25(24(27(30)33-28)19-26(29)31-3)20-34(21-13-7-4-8-14-21,22-15-9-5-10-16-22)23-17-11-6-12-18-23/h4-18H,19-20H2,1-3H3/q+1. The van der Waals surface area contributed by atoms with E-state index in [2.05, 4.69) is 36.4 Å². The van der Waals surface area contributed by atoms with E-state index in [1.807, 2.05) is 54.6 Å². The Morgan fingerprint density at radius 3 is 1.65 bits per heavy atom. The first-order chi connectivity index (χ1) is 16.4. The largest absolute Gasteiger partial charge is 0.469 e. The van der Waals surface area contributed by atoms with Gasteiger partial charge in [0.25, 0.3) is 0 Å². The third-order valence-corrected chi connectivity index (χ3v) is 10.1. The van der Waals surface area contributed by atoms with Gasteiger partial charge in [-0.25, -0.2) is 4.79 Å². The van der Waals surface area contributed by atoms with Crippen molar-refractivity contribution in [2.45, 2.75) is 26.1 Å². The minimum atomic E-state index is -2.34. The van der Waals surface area contributed by atoms with E-state index >= 15 is 0 Å². The first-order valence-electron chi connectivity index (χ1n) is 11.1. The average Bonchev–Trinajstić information content (AvgIpc) is 2.85. The van der Waals surface area contributed by atoms with Crippen molar-refractivity contribution in [2.75, 3.05) is 13.3 Å². The normalized spacial score (nSPS) is 15.3. The molecule has 5 nitrogen and oxygen atoms in total. The van der Waals surface area contributed by atoms with Crippen molar-refractivity contribution < 1.29 is 23.8 Å². The SMILES string of the molecule is COC(=O)CC1=C(C[P+](c2ccccc2)(c2ccccc2)c2ccccc2)OC(C)(C)OC1=O. The molecule has 0 unspecified atom stereocenters. The molecule has 0 bridgehead atoms. The summed E-state index contributed by atoms with van der Waals surface area (Å²) in [5.41, 5.74) is 0.207. The summed E-state index contributed by atoms with van der Waals surface area (Å²) in [5.74, 6) is -1.75. The lowest BCUT2D eigenvalue weighted by Gasteiger charge is -2.36. The zero-order valence-corrected chi connectivity index (χ0v) is 20.5. The summed E-state index contributed by atoms with van der Waals surface area (Å²) in [6.07, 6.45) is 0.217. The van der Waals surface area contributed by atoms with Gasteiger partial charge in [-0.1, -0.05) is 54.6 Å². The molecule has 34 heavy (non-hydrogen) atoms. The van der Waals surface area contributed by atoms with Crippen LogP contribution in [0.5, 0.6) is 0 Å². The van der Waals surface area contributed by atoms with Gasteiger partial charge in [-0.2, -0.15) is 0 Å². The number of hydrogen-bond donors (Lipinski definition) is 0. The van der Waals surface area contributed by atoms with Gasteiger partial charge in [0.1, 0.15) is 29.3 Å². The molecule has 1 heterocycles. The Kier molecular flexibility index (Phi) is 6.85. The lowest BCUT2D eigenvalue weighted by molar-refractivity contribution is -0.207. The number of benzene rings is 3. The Balaban J connectivity index is 1.99. The molecule has 3 aromatic rings. The molecule has 1 aliphatic rings. The fraction of sp³-hybridized carbons (Fsp3) is 0.214. The molecule has 6 heteroatoms. The Morgan fingerprint density at radius 1 is 0.794 bits per heavy atom. The number of esters is 2. The van der Waals surface area contributed by atoms with Crippen LogP contribution in [0.2, 0.25) is 0 Å². The highest BCUT2D eigenvalue weighted by Gasteiger charge is 2.49. The molecule has 0 atom stereocenters. The van der Waals surface area contributed by atoms with Crippen molar-refractivity contribution in [2.24, 2.45) is 0 Å². The number of allylic oxidation sites excluding steroid dienone is 1. The zero-order chi connectivity index (χ0) is 24.2. The highest BCUT2D eigenvalue weighted by atomic mass is 31.2. The molecule has 174 valence electrons. The minimum absolute atomic E-state index is 0.207. The molecule has 0 saturated heterocycles. The van der Waals surface area contributed by atoms with Gasteiger partial charge in [0.15, 0.2) is 5.76 Å². The number of rotatable bonds is 7. The minimum Gasteiger partial charge on any atom is -0.469 e. The molecule has 3 aromatic carbocycles. The van der Waals surface area contributed by atoms with E-state index < -0.39 is 25.0 Å². The molecule has 0 N–H and O–H groups in total. The smallest absolute Gasteiger partial charge is 0.341 e. The predicted octanol–water partition coefficient (Wildman–Crippen LogP) is 4.11. The fourth-order valence-electron chi connectivity index (χ4n) is 4.28. The number of carbonyl (C=O) groups is 2. The molecule has 1 aliphatic heterocycles. The van der Waals surface area contributed by atoms with E-state index in [4.69, 9.17) is 14.2 Å². The van der Waals surface area contributed by atoms with Crippen molar-refractivity contribution in [3.63, 3.8) is 0 Å². The van der Waals surface area contributed by atoms with Gasteiger partial charge in [-0.3, -0.25) is 4.79 Å². The van der Waals surface area contributed by atoms with Gasteiger partial charge in [0, 0.05) is 13.8 Å². The van der Waals surface area contributed by atoms with Gasteiger partial charge in [-0.05, 0) is 36.4 Å². The van der Waals surface area contributed by atoms with E-state index in [1.54, 1.807) is 13.8 Å². The number of ether oxygens (including phenoxy) is 3. The van der Waals surface area contributed by atoms with E-state index in [-0.39, 0.29) is 12.0 Å². The maximum Gasteiger partial charge on any atom is 0.341 e. The number of cyclic esters (lactones) is 1. The monoisotopic (exact) mass is 475 g/mol. The van der Waals surface area contributed by atoms with Crippen molar-refractivity contribution in [1.29, 1.82) is 0 Å². The maximum absolute atomic E-state index is 13.0. The Morgan fingerprint density at radius 2 is 1.24 bits per heavy atom. The second-order valence-corrected chi connectivity index (χ2v) is 12.0. The summed E-state index contributed by atoms with van der Waals surface area (Å²) in [5, 5.41) is 3.45. The summed E-state index contributed by atoms with van der Waals surface area (Å²) in [6, 6.07) is 30.9. The molecular formula is C28H28O5P+. The number of methoxy groups -OCH3 is 1. The second kappa shape index (κ2) is 9.82. The third-order valence-electron chi connectivity index (χ3n) is 5.81. The van der Waals surface area contributed by atoms with Gasteiger partial charge in [-0.15, -0.1) is 0 Å². The summed E-state index contributed by atoms with van der Waals surface area (Å²) in [7, 11) is -1.03. The highest BCUT2D eigenvalue weighted by Crippen LogP contribution is 2.57. The van der Waals surface area contributed by atoms with Crippen LogP contribution in [0.25, 0.3) is 0 Å². The molecule has 0 aromatic heterocycles. The Bertz CT molecular complexity index is 1090. The zero-order valence-electron chi connectivity index (χ0n) is 19.6. The van der Waals surface area contributed by atoms with Gasteiger partial charge in [0.2, 0.25) is 5.79 Å². The Hall–Kier alpha value is -3.43. The van der Waals surface area contributed by atoms with E-state index in [1.165, 1.54) is 7.11 Å². The lowest BCUT2D eigenvalue weighted by Crippen LogP contribution is -2.41. The van der Waals surface area contributed by atoms with Crippen molar-refractivity contribution >= 4 is 35.1 Å². The number of carbonyl (C=O) groups excluding carboxylic acids is 2. The van der Waals surface area contributed by atoms with Crippen LogP contribution in [0.15, 0.2) is 102 Å². The molecule has 0 spiro atoms. The summed E-state index contributed by atoms with van der Waals surface area (Å²) < 4.78 is 16.6. The topological polar surface area (TPSA) is 61.8 Å². The molecule has 0 radical (unpaired) electrons. The van der Waals surface area contributed by atoms with Crippen molar-refractivity contribution in [3.05, 3.63) is 102 Å². The van der Waals surface area contributed by atoms with Crippen LogP contribution >= 0.6 is 7.26 Å². The van der Waals surface area contributed by atoms with Crippen LogP contribution in [0.3, 0.4) is 0 Å². The highest BCUT2D eigenvalue weighted by molar-refractivity contribution is 7.95. The maximum atomic E-state index is 13.0. The lowest BCUT2D eigenvalue weighted by atomic mass is 10.1. The molecular weight excluding hydrogens is 447 g/mol. The number of hydrogen-bond acceptors (Lipinski definition) is 5. The van der Waals surface area contributed by atoms with Crippen LogP contribution in [0.1, 0.15) is 20.3 Å². The van der Waals surface area contributed by atoms with Crippen LogP contribution in [0.4, 0.5) is 0 Å². The van der Waals surface area contributed by atoms with Gasteiger partial charge < -0.3 is 14.2 Å². The van der Waals surface area contributed by atoms with Crippen molar-refractivity contribution in [3.8, 4) is 0 Å². The van der Waals surface area contributed by atoms with Crippen molar-refractivity contribution in [1.82, 2.24) is 0 Å². The van der Waals surface area contributed by atoms with E-state index in [9.17, 15) is 9.59 Å². The van der Waals surface area contributed by atoms with Gasteiger partial charge in [0.05, 0.1) is 19.1 Å². The Labute approximate surface area is 200 Å². The average molecular weight is 476 g/mol. The van der Waals surface area contributed by atoms with Gasteiger partial charge >= 0.3 is 11.9 Å². The quantitative estimate of drug-likeness (QED) is 0.380. The summed E-state index contributed by atoms with van der Waals surface area (Å²) >= 11 is 0. The van der Waals surface area contributed by atoms with Crippen LogP contribution < -0.4 is 15.9 Å². The first kappa shape index (κ1) is 23.7. The van der Waals surface area contributed by atoms with Crippen LogP contribution in [-0.2, 0) is 23.8 Å². The third kappa shape index (κ3) is 4.76. The fourth-order valence-corrected chi connectivity index (χ4v) is 8.45. The molecule has 0 fully saturated rings. The molecule has 4 rings (SSSR count). The molecule has 0 aliphatic carbocycles.